The number of aliphatic hydroxyl groups excluding tert-OH is 1. The number of hydrogen-bond donors (Lipinski definition) is 1. The number of aliphatic hydroxyl groups is 1. The molecule has 1 N–H and O–H groups in total. The van der Waals surface area contributed by atoms with Crippen molar-refractivity contribution in [2.45, 2.75) is 20.0 Å². The smallest absolute Gasteiger partial charge is 0.149 e. The molecule has 0 fully saturated rings. The van der Waals surface area contributed by atoms with Crippen molar-refractivity contribution in [3.05, 3.63) is 29.8 Å². The van der Waals surface area contributed by atoms with Gasteiger partial charge in [-0.25, -0.2) is 0 Å². The standard InChI is InChI=1S/C12H14O2/c1-3-4-8-14-12-7-5-6-11(9-12)10(2)13/h5-7,9-10,13H,8H2,1-2H3. The lowest BCUT2D eigenvalue weighted by atomic mass is 10.1. The minimum Gasteiger partial charge on any atom is -0.481 e. The summed E-state index contributed by atoms with van der Waals surface area (Å²) in [5.74, 6) is 6.30. The fraction of sp³-hybridized carbons (Fsp3) is 0.333. The number of rotatable bonds is 3. The first kappa shape index (κ1) is 10.6. The van der Waals surface area contributed by atoms with Crippen LogP contribution in [0.25, 0.3) is 0 Å². The largest absolute Gasteiger partial charge is 0.481 e. The molecule has 0 saturated heterocycles. The third-order valence-electron chi connectivity index (χ3n) is 1.83. The molecule has 0 saturated carbocycles. The second-order valence-electron chi connectivity index (χ2n) is 2.96. The van der Waals surface area contributed by atoms with E-state index in [1.54, 1.807) is 13.8 Å². The Labute approximate surface area is 84.5 Å². The van der Waals surface area contributed by atoms with E-state index in [1.807, 2.05) is 24.3 Å². The third kappa shape index (κ3) is 3.12. The van der Waals surface area contributed by atoms with Crippen LogP contribution in [0, 0.1) is 11.8 Å². The summed E-state index contributed by atoms with van der Waals surface area (Å²) in [6, 6.07) is 7.39. The van der Waals surface area contributed by atoms with Gasteiger partial charge in [-0.05, 0) is 31.5 Å². The molecule has 0 aliphatic carbocycles. The fourth-order valence-corrected chi connectivity index (χ4v) is 1.06. The summed E-state index contributed by atoms with van der Waals surface area (Å²) < 4.78 is 5.35. The summed E-state index contributed by atoms with van der Waals surface area (Å²) in [4.78, 5) is 0. The van der Waals surface area contributed by atoms with E-state index < -0.39 is 6.10 Å². The molecule has 2 heteroatoms. The molecule has 14 heavy (non-hydrogen) atoms. The van der Waals surface area contributed by atoms with Crippen molar-refractivity contribution in [2.75, 3.05) is 6.61 Å². The lowest BCUT2D eigenvalue weighted by Gasteiger charge is -2.07. The normalized spacial score (nSPS) is 11.4. The van der Waals surface area contributed by atoms with Crippen molar-refractivity contribution in [1.82, 2.24) is 0 Å². The van der Waals surface area contributed by atoms with Gasteiger partial charge in [0, 0.05) is 0 Å². The van der Waals surface area contributed by atoms with Crippen LogP contribution in [-0.4, -0.2) is 11.7 Å². The average Bonchev–Trinajstić information content (AvgIpc) is 2.19. The minimum atomic E-state index is -0.462. The molecule has 0 aromatic heterocycles. The predicted octanol–water partition coefficient (Wildman–Crippen LogP) is 2.14. The van der Waals surface area contributed by atoms with Crippen molar-refractivity contribution < 1.29 is 9.84 Å². The van der Waals surface area contributed by atoms with Gasteiger partial charge >= 0.3 is 0 Å². The molecular weight excluding hydrogens is 176 g/mol. The van der Waals surface area contributed by atoms with Crippen LogP contribution in [0.3, 0.4) is 0 Å². The Morgan fingerprint density at radius 1 is 1.50 bits per heavy atom. The molecule has 1 aromatic carbocycles. The molecule has 0 radical (unpaired) electrons. The van der Waals surface area contributed by atoms with Gasteiger partial charge in [-0.2, -0.15) is 0 Å². The van der Waals surface area contributed by atoms with E-state index in [0.717, 1.165) is 11.3 Å². The summed E-state index contributed by atoms with van der Waals surface area (Å²) >= 11 is 0. The van der Waals surface area contributed by atoms with Crippen LogP contribution in [0.15, 0.2) is 24.3 Å². The zero-order chi connectivity index (χ0) is 10.4. The lowest BCUT2D eigenvalue weighted by molar-refractivity contribution is 0.198. The Bertz CT molecular complexity index is 345. The SMILES string of the molecule is CC#CCOc1cccc(C(C)O)c1. The molecule has 0 aliphatic heterocycles. The summed E-state index contributed by atoms with van der Waals surface area (Å²) in [5, 5.41) is 9.34. The number of hydrogen-bond acceptors (Lipinski definition) is 2. The minimum absolute atomic E-state index is 0.389. The maximum absolute atomic E-state index is 9.34. The molecule has 0 spiro atoms. The molecule has 1 rings (SSSR count). The summed E-state index contributed by atoms with van der Waals surface area (Å²) in [5.41, 5.74) is 0.854. The first-order valence-electron chi connectivity index (χ1n) is 4.54. The van der Waals surface area contributed by atoms with Gasteiger partial charge in [0.2, 0.25) is 0 Å². The Kier molecular flexibility index (Phi) is 4.03. The second kappa shape index (κ2) is 5.31. The van der Waals surface area contributed by atoms with Crippen molar-refractivity contribution in [3.8, 4) is 17.6 Å². The van der Waals surface area contributed by atoms with E-state index in [0.29, 0.717) is 6.61 Å². The van der Waals surface area contributed by atoms with Gasteiger partial charge in [-0.1, -0.05) is 18.1 Å². The summed E-state index contributed by atoms with van der Waals surface area (Å²) in [6.07, 6.45) is -0.462. The molecule has 0 amide bonds. The molecular formula is C12H14O2. The molecule has 0 aliphatic rings. The molecule has 1 aromatic rings. The van der Waals surface area contributed by atoms with Crippen LogP contribution in [-0.2, 0) is 0 Å². The molecule has 2 nitrogen and oxygen atoms in total. The average molecular weight is 190 g/mol. The van der Waals surface area contributed by atoms with E-state index in [2.05, 4.69) is 11.8 Å². The zero-order valence-electron chi connectivity index (χ0n) is 8.45. The first-order chi connectivity index (χ1) is 6.74. The van der Waals surface area contributed by atoms with Gasteiger partial charge in [-0.15, -0.1) is 5.92 Å². The van der Waals surface area contributed by atoms with Gasteiger partial charge in [0.1, 0.15) is 12.4 Å². The molecule has 1 atom stereocenters. The molecule has 0 bridgehead atoms. The van der Waals surface area contributed by atoms with E-state index >= 15 is 0 Å². The van der Waals surface area contributed by atoms with Crippen LogP contribution in [0.5, 0.6) is 5.75 Å². The maximum atomic E-state index is 9.34. The van der Waals surface area contributed by atoms with Gasteiger partial charge in [0.05, 0.1) is 6.10 Å². The van der Waals surface area contributed by atoms with Crippen LogP contribution >= 0.6 is 0 Å². The predicted molar refractivity (Wildman–Crippen MR) is 56.0 cm³/mol. The monoisotopic (exact) mass is 190 g/mol. The van der Waals surface area contributed by atoms with Crippen LogP contribution < -0.4 is 4.74 Å². The number of benzene rings is 1. The molecule has 74 valence electrons. The van der Waals surface area contributed by atoms with Crippen molar-refractivity contribution in [1.29, 1.82) is 0 Å². The fourth-order valence-electron chi connectivity index (χ4n) is 1.06. The van der Waals surface area contributed by atoms with Crippen molar-refractivity contribution in [2.24, 2.45) is 0 Å². The second-order valence-corrected chi connectivity index (χ2v) is 2.96. The highest BCUT2D eigenvalue weighted by Gasteiger charge is 2.01. The van der Waals surface area contributed by atoms with E-state index in [1.165, 1.54) is 0 Å². The lowest BCUT2D eigenvalue weighted by Crippen LogP contribution is -1.96. The van der Waals surface area contributed by atoms with Crippen LogP contribution in [0.4, 0.5) is 0 Å². The Hall–Kier alpha value is -1.46. The quantitative estimate of drug-likeness (QED) is 0.740. The highest BCUT2D eigenvalue weighted by Crippen LogP contribution is 2.18. The van der Waals surface area contributed by atoms with Gasteiger partial charge < -0.3 is 9.84 Å². The van der Waals surface area contributed by atoms with Crippen molar-refractivity contribution >= 4 is 0 Å². The summed E-state index contributed by atoms with van der Waals surface area (Å²) in [6.45, 7) is 3.89. The third-order valence-corrected chi connectivity index (χ3v) is 1.83. The Morgan fingerprint density at radius 3 is 2.93 bits per heavy atom. The number of ether oxygens (including phenoxy) is 1. The molecule has 0 heterocycles. The van der Waals surface area contributed by atoms with E-state index in [9.17, 15) is 5.11 Å². The molecule has 1 unspecified atom stereocenters. The Balaban J connectivity index is 2.67. The van der Waals surface area contributed by atoms with E-state index in [-0.39, 0.29) is 0 Å². The van der Waals surface area contributed by atoms with Gasteiger partial charge in [0.25, 0.3) is 0 Å². The Morgan fingerprint density at radius 2 is 2.29 bits per heavy atom. The maximum Gasteiger partial charge on any atom is 0.149 e. The topological polar surface area (TPSA) is 29.5 Å². The highest BCUT2D eigenvalue weighted by atomic mass is 16.5. The zero-order valence-corrected chi connectivity index (χ0v) is 8.45. The van der Waals surface area contributed by atoms with Crippen LogP contribution in [0.2, 0.25) is 0 Å². The van der Waals surface area contributed by atoms with E-state index in [4.69, 9.17) is 4.74 Å². The van der Waals surface area contributed by atoms with Crippen molar-refractivity contribution in [3.63, 3.8) is 0 Å². The van der Waals surface area contributed by atoms with Gasteiger partial charge in [-0.3, -0.25) is 0 Å². The first-order valence-corrected chi connectivity index (χ1v) is 4.54. The van der Waals surface area contributed by atoms with Gasteiger partial charge in [0.15, 0.2) is 0 Å². The highest BCUT2D eigenvalue weighted by molar-refractivity contribution is 5.29. The summed E-state index contributed by atoms with van der Waals surface area (Å²) in [7, 11) is 0. The van der Waals surface area contributed by atoms with Crippen LogP contribution in [0.1, 0.15) is 25.5 Å².